The molecule has 2 amide bonds. The van der Waals surface area contributed by atoms with Crippen LogP contribution in [-0.2, 0) is 22.7 Å². The highest BCUT2D eigenvalue weighted by molar-refractivity contribution is 8.01. The number of para-hydroxylation sites is 1. The van der Waals surface area contributed by atoms with Gasteiger partial charge in [0.2, 0.25) is 11.8 Å². The normalized spacial score (nSPS) is 16.3. The summed E-state index contributed by atoms with van der Waals surface area (Å²) in [5.41, 5.74) is 5.29. The van der Waals surface area contributed by atoms with Gasteiger partial charge in [0, 0.05) is 16.5 Å². The highest BCUT2D eigenvalue weighted by atomic mass is 35.5. The number of hydrogen-bond acceptors (Lipinski definition) is 3. The highest BCUT2D eigenvalue weighted by Gasteiger charge is 2.39. The Balaban J connectivity index is 1.55. The summed E-state index contributed by atoms with van der Waals surface area (Å²) >= 11 is 7.42. The van der Waals surface area contributed by atoms with Crippen molar-refractivity contribution in [2.45, 2.75) is 44.0 Å². The molecule has 0 aromatic heterocycles. The number of fused-ring (bicyclic) bond motifs is 1. The molecule has 0 bridgehead atoms. The third-order valence-electron chi connectivity index (χ3n) is 6.00. The van der Waals surface area contributed by atoms with Crippen molar-refractivity contribution in [1.82, 2.24) is 5.32 Å². The van der Waals surface area contributed by atoms with Crippen LogP contribution in [0.15, 0.2) is 71.6 Å². The number of carbonyl (C=O) groups excluding carboxylic acids is 2. The molecule has 0 saturated carbocycles. The van der Waals surface area contributed by atoms with Crippen LogP contribution in [0.5, 0.6) is 0 Å². The lowest BCUT2D eigenvalue weighted by atomic mass is 10.0. The van der Waals surface area contributed by atoms with Crippen molar-refractivity contribution in [3.63, 3.8) is 0 Å². The molecule has 0 radical (unpaired) electrons. The van der Waals surface area contributed by atoms with E-state index >= 15 is 0 Å². The van der Waals surface area contributed by atoms with Gasteiger partial charge in [0.15, 0.2) is 0 Å². The lowest BCUT2D eigenvalue weighted by molar-refractivity contribution is -0.128. The second-order valence-corrected chi connectivity index (χ2v) is 10.1. The predicted molar refractivity (Wildman–Crippen MR) is 136 cm³/mol. The summed E-state index contributed by atoms with van der Waals surface area (Å²) in [6.07, 6.45) is 0. The summed E-state index contributed by atoms with van der Waals surface area (Å²) < 4.78 is 0. The summed E-state index contributed by atoms with van der Waals surface area (Å²) in [5.74, 6) is -0.653. The molecule has 4 nitrogen and oxygen atoms in total. The van der Waals surface area contributed by atoms with Crippen molar-refractivity contribution in [3.8, 4) is 0 Å². The maximum atomic E-state index is 13.7. The Kier molecular flexibility index (Phi) is 7.11. The number of rotatable bonds is 6. The zero-order valence-electron chi connectivity index (χ0n) is 19.0. The fraction of sp³-hybridized carbons (Fsp3) is 0.259. The van der Waals surface area contributed by atoms with E-state index in [-0.39, 0.29) is 11.8 Å². The molecule has 2 atom stereocenters. The highest BCUT2D eigenvalue weighted by Crippen LogP contribution is 2.42. The number of amides is 2. The zero-order chi connectivity index (χ0) is 23.5. The molecule has 1 aliphatic heterocycles. The van der Waals surface area contributed by atoms with E-state index in [1.165, 1.54) is 11.8 Å². The zero-order valence-corrected chi connectivity index (χ0v) is 20.5. The van der Waals surface area contributed by atoms with E-state index in [0.717, 1.165) is 32.8 Å². The summed E-state index contributed by atoms with van der Waals surface area (Å²) in [7, 11) is 0. The average molecular weight is 479 g/mol. The van der Waals surface area contributed by atoms with Crippen LogP contribution in [0.25, 0.3) is 0 Å². The van der Waals surface area contributed by atoms with Gasteiger partial charge in [-0.25, -0.2) is 0 Å². The molecule has 4 rings (SSSR count). The molecule has 0 spiro atoms. The SMILES string of the molecule is Cc1ccc(C)c(CN2C(=O)[C@@H]([C@H](C)C(=O)NCc3ccc(Cl)cc3)Sc3ccccc32)c1. The lowest BCUT2D eigenvalue weighted by Gasteiger charge is -2.36. The van der Waals surface area contributed by atoms with Gasteiger partial charge in [-0.15, -0.1) is 11.8 Å². The van der Waals surface area contributed by atoms with E-state index in [1.807, 2.05) is 48.2 Å². The minimum Gasteiger partial charge on any atom is -0.352 e. The summed E-state index contributed by atoms with van der Waals surface area (Å²) in [5, 5.41) is 3.14. The van der Waals surface area contributed by atoms with E-state index in [9.17, 15) is 9.59 Å². The molecule has 1 heterocycles. The first-order valence-electron chi connectivity index (χ1n) is 11.0. The Bertz CT molecular complexity index is 1180. The Hall–Kier alpha value is -2.76. The van der Waals surface area contributed by atoms with Crippen LogP contribution < -0.4 is 10.2 Å². The van der Waals surface area contributed by atoms with Gasteiger partial charge >= 0.3 is 0 Å². The molecule has 0 fully saturated rings. The molecular formula is C27H27ClN2O2S. The van der Waals surface area contributed by atoms with Crippen LogP contribution in [0.1, 0.15) is 29.2 Å². The van der Waals surface area contributed by atoms with Crippen molar-refractivity contribution < 1.29 is 9.59 Å². The van der Waals surface area contributed by atoms with Crippen LogP contribution in [0, 0.1) is 19.8 Å². The van der Waals surface area contributed by atoms with Crippen LogP contribution >= 0.6 is 23.4 Å². The maximum absolute atomic E-state index is 13.7. The monoisotopic (exact) mass is 478 g/mol. The first-order valence-corrected chi connectivity index (χ1v) is 12.2. The van der Waals surface area contributed by atoms with E-state index < -0.39 is 11.2 Å². The molecule has 170 valence electrons. The van der Waals surface area contributed by atoms with Gasteiger partial charge in [0.1, 0.15) is 5.25 Å². The summed E-state index contributed by atoms with van der Waals surface area (Å²) in [6, 6.07) is 21.6. The van der Waals surface area contributed by atoms with Crippen LogP contribution in [0.2, 0.25) is 5.02 Å². The number of halogens is 1. The smallest absolute Gasteiger partial charge is 0.241 e. The topological polar surface area (TPSA) is 49.4 Å². The Morgan fingerprint density at radius 3 is 2.58 bits per heavy atom. The van der Waals surface area contributed by atoms with E-state index in [1.54, 1.807) is 12.1 Å². The van der Waals surface area contributed by atoms with Crippen molar-refractivity contribution in [2.75, 3.05) is 4.90 Å². The molecule has 3 aromatic carbocycles. The molecule has 0 aliphatic carbocycles. The maximum Gasteiger partial charge on any atom is 0.241 e. The van der Waals surface area contributed by atoms with Gasteiger partial charge in [-0.3, -0.25) is 9.59 Å². The molecule has 3 aromatic rings. The third-order valence-corrected chi connectivity index (χ3v) is 7.72. The number of nitrogens with zero attached hydrogens (tertiary/aromatic N) is 1. The van der Waals surface area contributed by atoms with Crippen LogP contribution in [-0.4, -0.2) is 17.1 Å². The first kappa shape index (κ1) is 23.4. The number of benzene rings is 3. The average Bonchev–Trinajstić information content (AvgIpc) is 2.81. The molecule has 1 aliphatic rings. The van der Waals surface area contributed by atoms with Crippen LogP contribution in [0.3, 0.4) is 0 Å². The van der Waals surface area contributed by atoms with Gasteiger partial charge < -0.3 is 10.2 Å². The number of carbonyl (C=O) groups is 2. The molecule has 0 unspecified atom stereocenters. The fourth-order valence-corrected chi connectivity index (χ4v) is 5.36. The van der Waals surface area contributed by atoms with Gasteiger partial charge in [-0.1, -0.05) is 66.6 Å². The molecule has 1 N–H and O–H groups in total. The minimum atomic E-state index is -0.491. The molecular weight excluding hydrogens is 452 g/mol. The summed E-state index contributed by atoms with van der Waals surface area (Å²) in [6.45, 7) is 6.83. The second-order valence-electron chi connectivity index (χ2n) is 8.49. The van der Waals surface area contributed by atoms with Gasteiger partial charge in [-0.05, 0) is 54.8 Å². The second kappa shape index (κ2) is 10.0. The van der Waals surface area contributed by atoms with Gasteiger partial charge in [0.25, 0.3) is 0 Å². The molecule has 0 saturated heterocycles. The van der Waals surface area contributed by atoms with Crippen molar-refractivity contribution in [2.24, 2.45) is 5.92 Å². The van der Waals surface area contributed by atoms with Gasteiger partial charge in [-0.2, -0.15) is 0 Å². The molecule has 33 heavy (non-hydrogen) atoms. The standard InChI is InChI=1S/C27H27ClN2O2S/c1-17-8-9-18(2)21(14-17)16-30-23-6-4-5-7-24(23)33-25(27(30)32)19(3)26(31)29-15-20-10-12-22(28)13-11-20/h4-14,19,25H,15-16H2,1-3H3,(H,29,31)/t19-,25+/m0/s1. The van der Waals surface area contributed by atoms with Gasteiger partial charge in [0.05, 0.1) is 18.2 Å². The number of nitrogens with one attached hydrogen (secondary N) is 1. The largest absolute Gasteiger partial charge is 0.352 e. The fourth-order valence-electron chi connectivity index (χ4n) is 3.95. The third kappa shape index (κ3) is 5.26. The van der Waals surface area contributed by atoms with E-state index in [2.05, 4.69) is 37.4 Å². The Labute approximate surface area is 204 Å². The molecule has 6 heteroatoms. The van der Waals surface area contributed by atoms with E-state index in [4.69, 9.17) is 11.6 Å². The quantitative estimate of drug-likeness (QED) is 0.478. The van der Waals surface area contributed by atoms with Crippen molar-refractivity contribution >= 4 is 40.9 Å². The minimum absolute atomic E-state index is 0.0336. The number of aryl methyl sites for hydroxylation is 2. The number of anilines is 1. The lowest BCUT2D eigenvalue weighted by Crippen LogP contribution is -2.47. The van der Waals surface area contributed by atoms with Crippen molar-refractivity contribution in [3.05, 3.63) is 94.0 Å². The Morgan fingerprint density at radius 1 is 1.09 bits per heavy atom. The first-order chi connectivity index (χ1) is 15.8. The predicted octanol–water partition coefficient (Wildman–Crippen LogP) is 5.92. The Morgan fingerprint density at radius 2 is 1.82 bits per heavy atom. The van der Waals surface area contributed by atoms with E-state index in [0.29, 0.717) is 18.1 Å². The van der Waals surface area contributed by atoms with Crippen molar-refractivity contribution in [1.29, 1.82) is 0 Å². The van der Waals surface area contributed by atoms with Crippen LogP contribution in [0.4, 0.5) is 5.69 Å². The summed E-state index contributed by atoms with van der Waals surface area (Å²) in [4.78, 5) is 29.5. The number of hydrogen-bond donors (Lipinski definition) is 1. The number of thioether (sulfide) groups is 1.